The molecule has 114 valence electrons. The second-order valence-electron chi connectivity index (χ2n) is 5.51. The molecule has 0 N–H and O–H groups in total. The van der Waals surface area contributed by atoms with Crippen LogP contribution in [0.1, 0.15) is 15.9 Å². The fourth-order valence-corrected chi connectivity index (χ4v) is 3.25. The molecule has 3 rings (SSSR count). The summed E-state index contributed by atoms with van der Waals surface area (Å²) in [6, 6.07) is 17.6. The second kappa shape index (κ2) is 6.39. The van der Waals surface area contributed by atoms with E-state index in [1.165, 1.54) is 0 Å². The van der Waals surface area contributed by atoms with Crippen LogP contribution in [0.2, 0.25) is 0 Å². The SMILES string of the molecule is Cn1cc(C(=O)[C@@H](C#N)Cc2ccccc2Br)c2ccccc21. The van der Waals surface area contributed by atoms with Gasteiger partial charge in [0.1, 0.15) is 5.92 Å². The summed E-state index contributed by atoms with van der Waals surface area (Å²) in [5.74, 6) is -0.820. The second-order valence-corrected chi connectivity index (χ2v) is 6.37. The van der Waals surface area contributed by atoms with Crippen molar-refractivity contribution in [2.45, 2.75) is 6.42 Å². The molecule has 0 aliphatic rings. The molecule has 0 spiro atoms. The number of carbonyl (C=O) groups excluding carboxylic acids is 1. The Labute approximate surface area is 143 Å². The van der Waals surface area contributed by atoms with Crippen molar-refractivity contribution >= 4 is 32.6 Å². The minimum atomic E-state index is -0.695. The molecule has 2 aromatic carbocycles. The van der Waals surface area contributed by atoms with Crippen LogP contribution in [-0.2, 0) is 13.5 Å². The molecule has 3 aromatic rings. The molecule has 23 heavy (non-hydrogen) atoms. The van der Waals surface area contributed by atoms with E-state index < -0.39 is 5.92 Å². The van der Waals surface area contributed by atoms with E-state index >= 15 is 0 Å². The lowest BCUT2D eigenvalue weighted by atomic mass is 9.92. The highest BCUT2D eigenvalue weighted by Gasteiger charge is 2.24. The number of nitrogens with zero attached hydrogens (tertiary/aromatic N) is 2. The number of fused-ring (bicyclic) bond motifs is 1. The Hall–Kier alpha value is -2.38. The number of aromatic nitrogens is 1. The molecule has 0 saturated carbocycles. The van der Waals surface area contributed by atoms with E-state index in [4.69, 9.17) is 0 Å². The Balaban J connectivity index is 1.97. The smallest absolute Gasteiger partial charge is 0.182 e. The number of ketones is 1. The Kier molecular flexibility index (Phi) is 4.31. The summed E-state index contributed by atoms with van der Waals surface area (Å²) in [6.45, 7) is 0. The molecule has 1 atom stereocenters. The van der Waals surface area contributed by atoms with E-state index in [0.29, 0.717) is 12.0 Å². The fraction of sp³-hybridized carbons (Fsp3) is 0.158. The van der Waals surface area contributed by atoms with Gasteiger partial charge < -0.3 is 4.57 Å². The largest absolute Gasteiger partial charge is 0.350 e. The van der Waals surface area contributed by atoms with Gasteiger partial charge in [-0.1, -0.05) is 52.3 Å². The van der Waals surface area contributed by atoms with Gasteiger partial charge in [-0.15, -0.1) is 0 Å². The number of rotatable bonds is 4. The summed E-state index contributed by atoms with van der Waals surface area (Å²) >= 11 is 3.48. The van der Waals surface area contributed by atoms with E-state index in [2.05, 4.69) is 22.0 Å². The molecule has 0 unspecified atom stereocenters. The average Bonchev–Trinajstić information content (AvgIpc) is 2.91. The number of nitriles is 1. The predicted octanol–water partition coefficient (Wildman–Crippen LogP) is 4.51. The van der Waals surface area contributed by atoms with E-state index in [-0.39, 0.29) is 5.78 Å². The van der Waals surface area contributed by atoms with Crippen molar-refractivity contribution in [1.82, 2.24) is 4.57 Å². The lowest BCUT2D eigenvalue weighted by molar-refractivity contribution is 0.0950. The summed E-state index contributed by atoms with van der Waals surface area (Å²) in [4.78, 5) is 12.9. The first-order valence-corrected chi connectivity index (χ1v) is 8.12. The van der Waals surface area contributed by atoms with Crippen molar-refractivity contribution in [3.8, 4) is 6.07 Å². The number of aryl methyl sites for hydroxylation is 1. The molecule has 1 heterocycles. The molecule has 0 aliphatic heterocycles. The van der Waals surface area contributed by atoms with Crippen LogP contribution in [0.25, 0.3) is 10.9 Å². The maximum Gasteiger partial charge on any atom is 0.182 e. The minimum Gasteiger partial charge on any atom is -0.350 e. The number of carbonyl (C=O) groups is 1. The molecule has 3 nitrogen and oxygen atoms in total. The van der Waals surface area contributed by atoms with Gasteiger partial charge in [-0.05, 0) is 24.1 Å². The van der Waals surface area contributed by atoms with Crippen LogP contribution in [0.3, 0.4) is 0 Å². The van der Waals surface area contributed by atoms with Gasteiger partial charge in [0.05, 0.1) is 6.07 Å². The number of hydrogen-bond acceptors (Lipinski definition) is 2. The molecule has 0 fully saturated rings. The molecule has 0 amide bonds. The highest BCUT2D eigenvalue weighted by atomic mass is 79.9. The van der Waals surface area contributed by atoms with E-state index in [9.17, 15) is 10.1 Å². The molecule has 4 heteroatoms. The number of hydrogen-bond donors (Lipinski definition) is 0. The highest BCUT2D eigenvalue weighted by Crippen LogP contribution is 2.26. The van der Waals surface area contributed by atoms with E-state index in [0.717, 1.165) is 20.9 Å². The third-order valence-electron chi connectivity index (χ3n) is 4.02. The third-order valence-corrected chi connectivity index (χ3v) is 4.79. The number of para-hydroxylation sites is 1. The Morgan fingerprint density at radius 2 is 1.91 bits per heavy atom. The standard InChI is InChI=1S/C19H15BrN2O/c1-22-12-16(15-7-3-5-9-18(15)22)19(23)14(11-21)10-13-6-2-4-8-17(13)20/h2-9,12,14H,10H2,1H3/t14-/m1/s1. The zero-order valence-electron chi connectivity index (χ0n) is 12.7. The normalized spacial score (nSPS) is 12.0. The lowest BCUT2D eigenvalue weighted by Crippen LogP contribution is -2.15. The monoisotopic (exact) mass is 366 g/mol. The van der Waals surface area contributed by atoms with E-state index in [1.807, 2.05) is 66.3 Å². The molecular formula is C19H15BrN2O. The molecule has 0 radical (unpaired) electrons. The summed E-state index contributed by atoms with van der Waals surface area (Å²) in [5.41, 5.74) is 2.57. The average molecular weight is 367 g/mol. The Morgan fingerprint density at radius 3 is 2.65 bits per heavy atom. The van der Waals surface area contributed by atoms with Crippen LogP contribution in [0.15, 0.2) is 59.2 Å². The van der Waals surface area contributed by atoms with Crippen molar-refractivity contribution < 1.29 is 4.79 Å². The number of Topliss-reactive ketones (excluding diaryl/α,β-unsaturated/α-hetero) is 1. The topological polar surface area (TPSA) is 45.8 Å². The van der Waals surface area contributed by atoms with Crippen molar-refractivity contribution in [3.05, 3.63) is 70.3 Å². The lowest BCUT2D eigenvalue weighted by Gasteiger charge is -2.09. The summed E-state index contributed by atoms with van der Waals surface area (Å²) in [7, 11) is 1.91. The summed E-state index contributed by atoms with van der Waals surface area (Å²) in [5, 5.41) is 10.4. The Morgan fingerprint density at radius 1 is 1.22 bits per heavy atom. The number of benzene rings is 2. The molecule has 0 saturated heterocycles. The maximum atomic E-state index is 12.9. The van der Waals surface area contributed by atoms with Gasteiger partial charge in [0.15, 0.2) is 5.78 Å². The van der Waals surface area contributed by atoms with Gasteiger partial charge in [0, 0.05) is 34.2 Å². The Bertz CT molecular complexity index is 921. The minimum absolute atomic E-state index is 0.125. The third kappa shape index (κ3) is 2.93. The first-order chi connectivity index (χ1) is 11.1. The zero-order chi connectivity index (χ0) is 16.4. The predicted molar refractivity (Wildman–Crippen MR) is 94.2 cm³/mol. The van der Waals surface area contributed by atoms with Crippen LogP contribution in [-0.4, -0.2) is 10.4 Å². The molecular weight excluding hydrogens is 352 g/mol. The highest BCUT2D eigenvalue weighted by molar-refractivity contribution is 9.10. The molecule has 1 aromatic heterocycles. The fourth-order valence-electron chi connectivity index (χ4n) is 2.81. The maximum absolute atomic E-state index is 12.9. The van der Waals surface area contributed by atoms with Crippen molar-refractivity contribution in [1.29, 1.82) is 5.26 Å². The van der Waals surface area contributed by atoms with Gasteiger partial charge in [-0.2, -0.15) is 5.26 Å². The first-order valence-electron chi connectivity index (χ1n) is 7.33. The van der Waals surface area contributed by atoms with Crippen molar-refractivity contribution in [2.24, 2.45) is 13.0 Å². The molecule has 0 bridgehead atoms. The molecule has 0 aliphatic carbocycles. The summed E-state index contributed by atoms with van der Waals surface area (Å²) < 4.78 is 2.85. The number of halogens is 1. The van der Waals surface area contributed by atoms with Crippen molar-refractivity contribution in [3.63, 3.8) is 0 Å². The van der Waals surface area contributed by atoms with Crippen molar-refractivity contribution in [2.75, 3.05) is 0 Å². The van der Waals surface area contributed by atoms with Gasteiger partial charge in [-0.25, -0.2) is 0 Å². The van der Waals surface area contributed by atoms with Gasteiger partial charge in [0.25, 0.3) is 0 Å². The van der Waals surface area contributed by atoms with Gasteiger partial charge in [0.2, 0.25) is 0 Å². The van der Waals surface area contributed by atoms with Crippen LogP contribution in [0.4, 0.5) is 0 Å². The van der Waals surface area contributed by atoms with Gasteiger partial charge in [-0.3, -0.25) is 4.79 Å². The van der Waals surface area contributed by atoms with Crippen LogP contribution in [0, 0.1) is 17.2 Å². The van der Waals surface area contributed by atoms with E-state index in [1.54, 1.807) is 0 Å². The van der Waals surface area contributed by atoms with Crippen LogP contribution >= 0.6 is 15.9 Å². The summed E-state index contributed by atoms with van der Waals surface area (Å²) in [6.07, 6.45) is 2.22. The van der Waals surface area contributed by atoms with Crippen LogP contribution in [0.5, 0.6) is 0 Å². The zero-order valence-corrected chi connectivity index (χ0v) is 14.2. The van der Waals surface area contributed by atoms with Crippen LogP contribution < -0.4 is 0 Å². The van der Waals surface area contributed by atoms with Gasteiger partial charge >= 0.3 is 0 Å². The quantitative estimate of drug-likeness (QED) is 0.637. The first kappa shape index (κ1) is 15.5.